The first kappa shape index (κ1) is 25.9. The minimum atomic E-state index is -0.817. The summed E-state index contributed by atoms with van der Waals surface area (Å²) in [7, 11) is 1.51. The zero-order chi connectivity index (χ0) is 24.5. The van der Waals surface area contributed by atoms with Gasteiger partial charge in [0, 0.05) is 30.8 Å². The Kier molecular flexibility index (Phi) is 8.03. The molecule has 0 saturated carbocycles. The fourth-order valence-electron chi connectivity index (χ4n) is 6.03. The minimum Gasteiger partial charge on any atom is -0.457 e. The van der Waals surface area contributed by atoms with E-state index in [0.29, 0.717) is 12.8 Å². The first-order chi connectivity index (χ1) is 15.5. The summed E-state index contributed by atoms with van der Waals surface area (Å²) in [5.74, 6) is -0.514. The zero-order valence-corrected chi connectivity index (χ0v) is 20.8. The largest absolute Gasteiger partial charge is 0.457 e. The molecule has 6 heteroatoms. The molecule has 0 unspecified atom stereocenters. The highest BCUT2D eigenvalue weighted by molar-refractivity contribution is 5.78. The van der Waals surface area contributed by atoms with E-state index in [4.69, 9.17) is 14.2 Å². The molecule has 0 aromatic rings. The fourth-order valence-corrected chi connectivity index (χ4v) is 6.03. The molecule has 1 spiro atoms. The van der Waals surface area contributed by atoms with Crippen molar-refractivity contribution < 1.29 is 28.9 Å². The summed E-state index contributed by atoms with van der Waals surface area (Å²) in [5.41, 5.74) is 0.481. The van der Waals surface area contributed by atoms with Crippen LogP contribution in [-0.4, -0.2) is 54.0 Å². The number of esters is 1. The standard InChI is InChI=1S/C27H40O6/c1-8-9-22(17(4)18(5)28)25-20-10-11-21-13-23(31-7)26(30)32-24(19(6)29)15(2)12-16(3)27(21,14-20)33-25/h8,10-12,15,17,19-25,29H,1,9,13-14H2,2-7H3/t15-,17+,19-,20-,21-,22-,23+,24+,25-,27+/m1/s1. The van der Waals surface area contributed by atoms with Crippen LogP contribution in [0.3, 0.4) is 0 Å². The molecule has 10 atom stereocenters. The van der Waals surface area contributed by atoms with Gasteiger partial charge in [0.1, 0.15) is 11.9 Å². The van der Waals surface area contributed by atoms with Crippen molar-refractivity contribution in [2.45, 2.75) is 83.9 Å². The van der Waals surface area contributed by atoms with Gasteiger partial charge < -0.3 is 19.3 Å². The number of hydrogen-bond acceptors (Lipinski definition) is 6. The summed E-state index contributed by atoms with van der Waals surface area (Å²) < 4.78 is 18.2. The molecule has 1 N–H and O–H groups in total. The molecule has 0 radical (unpaired) electrons. The number of methoxy groups -OCH3 is 1. The highest BCUT2D eigenvalue weighted by atomic mass is 16.6. The second-order valence-corrected chi connectivity index (χ2v) is 10.2. The predicted molar refractivity (Wildman–Crippen MR) is 126 cm³/mol. The van der Waals surface area contributed by atoms with Crippen molar-refractivity contribution in [3.05, 3.63) is 36.5 Å². The van der Waals surface area contributed by atoms with Gasteiger partial charge in [-0.15, -0.1) is 6.58 Å². The Bertz CT molecular complexity index is 813. The van der Waals surface area contributed by atoms with Gasteiger partial charge >= 0.3 is 5.97 Å². The van der Waals surface area contributed by atoms with Crippen LogP contribution in [0.15, 0.2) is 36.5 Å². The normalized spacial score (nSPS) is 39.0. The molecule has 3 aliphatic rings. The Morgan fingerprint density at radius 2 is 2.06 bits per heavy atom. The van der Waals surface area contributed by atoms with Crippen molar-refractivity contribution >= 4 is 11.8 Å². The van der Waals surface area contributed by atoms with Crippen LogP contribution in [0.4, 0.5) is 0 Å². The molecule has 2 aliphatic heterocycles. The van der Waals surface area contributed by atoms with Crippen molar-refractivity contribution in [3.8, 4) is 0 Å². The number of hydrogen-bond donors (Lipinski definition) is 1. The van der Waals surface area contributed by atoms with Crippen molar-refractivity contribution in [2.75, 3.05) is 7.11 Å². The summed E-state index contributed by atoms with van der Waals surface area (Å²) in [6, 6.07) is 0. The third kappa shape index (κ3) is 4.89. The molecular weight excluding hydrogens is 420 g/mol. The van der Waals surface area contributed by atoms with E-state index in [2.05, 4.69) is 31.7 Å². The number of carbonyl (C=O) groups excluding carboxylic acids is 2. The van der Waals surface area contributed by atoms with Crippen LogP contribution < -0.4 is 0 Å². The van der Waals surface area contributed by atoms with Crippen LogP contribution in [0.2, 0.25) is 0 Å². The van der Waals surface area contributed by atoms with Crippen LogP contribution >= 0.6 is 0 Å². The molecule has 1 fully saturated rings. The number of ketones is 1. The van der Waals surface area contributed by atoms with E-state index in [9.17, 15) is 14.7 Å². The number of cyclic esters (lactones) is 1. The van der Waals surface area contributed by atoms with E-state index in [1.54, 1.807) is 13.8 Å². The summed E-state index contributed by atoms with van der Waals surface area (Å²) in [6.45, 7) is 13.2. The number of ether oxygens (including phenoxy) is 3. The smallest absolute Gasteiger partial charge is 0.335 e. The SMILES string of the molecule is C=CC[C@@H]([C@@H]1O[C@]23C[C@H]1C=C[C@@H]2C[C@H](OC)C(=O)O[C@H]([C@@H](C)O)[C@H](C)C=C3C)[C@@H](C)C(C)=O. The molecule has 184 valence electrons. The van der Waals surface area contributed by atoms with Gasteiger partial charge in [0.15, 0.2) is 6.10 Å². The van der Waals surface area contributed by atoms with Gasteiger partial charge in [-0.05, 0) is 51.5 Å². The van der Waals surface area contributed by atoms with Crippen LogP contribution in [0.1, 0.15) is 53.9 Å². The quantitative estimate of drug-likeness (QED) is 0.456. The van der Waals surface area contributed by atoms with Crippen molar-refractivity contribution in [3.63, 3.8) is 0 Å². The summed E-state index contributed by atoms with van der Waals surface area (Å²) in [5, 5.41) is 10.3. The third-order valence-corrected chi connectivity index (χ3v) is 8.08. The Labute approximate surface area is 198 Å². The Hall–Kier alpha value is -1.76. The van der Waals surface area contributed by atoms with E-state index in [-0.39, 0.29) is 41.5 Å². The number of fused-ring (bicyclic) bond motifs is 1. The van der Waals surface area contributed by atoms with Gasteiger partial charge in [-0.1, -0.05) is 38.2 Å². The second-order valence-electron chi connectivity index (χ2n) is 10.2. The lowest BCUT2D eigenvalue weighted by Gasteiger charge is -2.41. The van der Waals surface area contributed by atoms with E-state index >= 15 is 0 Å². The molecule has 0 amide bonds. The van der Waals surface area contributed by atoms with Crippen LogP contribution in [0.5, 0.6) is 0 Å². The summed E-state index contributed by atoms with van der Waals surface area (Å²) >= 11 is 0. The van der Waals surface area contributed by atoms with Crippen LogP contribution in [0, 0.1) is 29.6 Å². The minimum absolute atomic E-state index is 0.0294. The van der Waals surface area contributed by atoms with Gasteiger partial charge in [0.05, 0.1) is 17.8 Å². The monoisotopic (exact) mass is 460 g/mol. The fraction of sp³-hybridized carbons (Fsp3) is 0.704. The average molecular weight is 461 g/mol. The lowest BCUT2D eigenvalue weighted by atomic mass is 9.69. The molecule has 2 bridgehead atoms. The molecule has 3 rings (SSSR count). The van der Waals surface area contributed by atoms with Gasteiger partial charge in [0.2, 0.25) is 0 Å². The number of rotatable bonds is 7. The van der Waals surface area contributed by atoms with E-state index in [1.807, 2.05) is 19.9 Å². The van der Waals surface area contributed by atoms with Gasteiger partial charge in [-0.2, -0.15) is 0 Å². The zero-order valence-electron chi connectivity index (χ0n) is 20.8. The topological polar surface area (TPSA) is 82.1 Å². The maximum Gasteiger partial charge on any atom is 0.335 e. The number of aliphatic hydroxyl groups excluding tert-OH is 1. The van der Waals surface area contributed by atoms with Crippen molar-refractivity contribution in [1.29, 1.82) is 0 Å². The third-order valence-electron chi connectivity index (χ3n) is 8.08. The van der Waals surface area contributed by atoms with Crippen molar-refractivity contribution in [1.82, 2.24) is 0 Å². The number of carbonyl (C=O) groups is 2. The summed E-state index contributed by atoms with van der Waals surface area (Å²) in [6.07, 6.45) is 7.86. The highest BCUT2D eigenvalue weighted by Gasteiger charge is 2.56. The maximum absolute atomic E-state index is 12.9. The van der Waals surface area contributed by atoms with E-state index < -0.39 is 29.9 Å². The van der Waals surface area contributed by atoms with Gasteiger partial charge in [0.25, 0.3) is 0 Å². The molecule has 33 heavy (non-hydrogen) atoms. The molecular formula is C27H40O6. The van der Waals surface area contributed by atoms with Crippen LogP contribution in [-0.2, 0) is 23.8 Å². The maximum atomic E-state index is 12.9. The van der Waals surface area contributed by atoms with Crippen LogP contribution in [0.25, 0.3) is 0 Å². The van der Waals surface area contributed by atoms with Gasteiger partial charge in [-0.3, -0.25) is 4.79 Å². The first-order valence-corrected chi connectivity index (χ1v) is 12.1. The molecule has 0 aromatic heterocycles. The number of Topliss-reactive ketones (excluding diaryl/α,β-unsaturated/α-hetero) is 1. The number of aliphatic hydroxyl groups is 1. The molecule has 1 saturated heterocycles. The Balaban J connectivity index is 2.06. The van der Waals surface area contributed by atoms with Gasteiger partial charge in [-0.25, -0.2) is 4.79 Å². The number of allylic oxidation sites excluding steroid dienone is 1. The van der Waals surface area contributed by atoms with E-state index in [0.717, 1.165) is 12.0 Å². The first-order valence-electron chi connectivity index (χ1n) is 12.1. The van der Waals surface area contributed by atoms with Crippen molar-refractivity contribution in [2.24, 2.45) is 29.6 Å². The molecule has 2 heterocycles. The molecule has 6 nitrogen and oxygen atoms in total. The lowest BCUT2D eigenvalue weighted by molar-refractivity contribution is -0.171. The highest BCUT2D eigenvalue weighted by Crippen LogP contribution is 2.54. The van der Waals surface area contributed by atoms with E-state index in [1.165, 1.54) is 7.11 Å². The second kappa shape index (κ2) is 10.2. The molecule has 0 aromatic carbocycles. The molecule has 1 aliphatic carbocycles. The lowest BCUT2D eigenvalue weighted by Crippen LogP contribution is -2.46. The Morgan fingerprint density at radius 3 is 2.64 bits per heavy atom. The Morgan fingerprint density at radius 1 is 1.36 bits per heavy atom. The average Bonchev–Trinajstić information content (AvgIpc) is 3.07. The predicted octanol–water partition coefficient (Wildman–Crippen LogP) is 4.03. The summed E-state index contributed by atoms with van der Waals surface area (Å²) in [4.78, 5) is 25.2.